The van der Waals surface area contributed by atoms with Crippen molar-refractivity contribution in [2.24, 2.45) is 0 Å². The maximum atomic E-state index is 13.8. The van der Waals surface area contributed by atoms with Gasteiger partial charge in [0, 0.05) is 37.5 Å². The van der Waals surface area contributed by atoms with Crippen molar-refractivity contribution in [3.63, 3.8) is 0 Å². The quantitative estimate of drug-likeness (QED) is 0.274. The van der Waals surface area contributed by atoms with Gasteiger partial charge in [0.05, 0.1) is 17.0 Å². The standard InChI is InChI=1S/C30H35Cl2N3O4S/c1-4-33-30(37)28(19-23-9-6-5-7-10-23)34(21-24-14-12-22(2)13-15-24)29(36)11-8-18-35(40(3,38)39)27-20-25(31)16-17-26(27)32/h5-7,9-10,12-17,20,28H,4,8,11,18-19,21H2,1-3H3,(H,33,37)/t28-/m0/s1. The summed E-state index contributed by atoms with van der Waals surface area (Å²) < 4.78 is 26.4. The summed E-state index contributed by atoms with van der Waals surface area (Å²) in [5.41, 5.74) is 3.17. The Balaban J connectivity index is 1.87. The molecule has 3 aromatic rings. The summed E-state index contributed by atoms with van der Waals surface area (Å²) in [6.07, 6.45) is 1.67. The Bertz CT molecular complexity index is 1400. The fraction of sp³-hybridized carbons (Fsp3) is 0.333. The second kappa shape index (κ2) is 14.5. The first-order valence-corrected chi connectivity index (χ1v) is 15.7. The first-order chi connectivity index (χ1) is 19.0. The first kappa shape index (κ1) is 31.5. The Morgan fingerprint density at radius 3 is 2.25 bits per heavy atom. The van der Waals surface area contributed by atoms with E-state index in [-0.39, 0.29) is 48.5 Å². The maximum absolute atomic E-state index is 13.8. The molecule has 0 unspecified atom stereocenters. The number of likely N-dealkylation sites (N-methyl/N-ethyl adjacent to an activating group) is 1. The molecule has 0 spiro atoms. The molecule has 10 heteroatoms. The van der Waals surface area contributed by atoms with E-state index in [1.54, 1.807) is 11.0 Å². The number of nitrogens with zero attached hydrogens (tertiary/aromatic N) is 2. The highest BCUT2D eigenvalue weighted by molar-refractivity contribution is 7.92. The Morgan fingerprint density at radius 2 is 1.62 bits per heavy atom. The lowest BCUT2D eigenvalue weighted by molar-refractivity contribution is -0.141. The third-order valence-corrected chi connectivity index (χ3v) is 8.16. The number of aryl methyl sites for hydroxylation is 1. The highest BCUT2D eigenvalue weighted by atomic mass is 35.5. The fourth-order valence-corrected chi connectivity index (χ4v) is 5.80. The molecule has 0 aromatic heterocycles. The van der Waals surface area contributed by atoms with Gasteiger partial charge in [-0.15, -0.1) is 0 Å². The van der Waals surface area contributed by atoms with E-state index in [4.69, 9.17) is 23.2 Å². The molecule has 0 aliphatic heterocycles. The minimum Gasteiger partial charge on any atom is -0.355 e. The van der Waals surface area contributed by atoms with Crippen LogP contribution in [-0.2, 0) is 32.6 Å². The highest BCUT2D eigenvalue weighted by Gasteiger charge is 2.30. The van der Waals surface area contributed by atoms with E-state index in [0.717, 1.165) is 27.3 Å². The van der Waals surface area contributed by atoms with Crippen LogP contribution in [-0.4, -0.2) is 50.5 Å². The third-order valence-electron chi connectivity index (χ3n) is 6.42. The van der Waals surface area contributed by atoms with Gasteiger partial charge < -0.3 is 10.2 Å². The molecule has 0 aliphatic rings. The second-order valence-electron chi connectivity index (χ2n) is 9.64. The van der Waals surface area contributed by atoms with Gasteiger partial charge >= 0.3 is 0 Å². The molecule has 0 radical (unpaired) electrons. The molecule has 1 atom stereocenters. The van der Waals surface area contributed by atoms with Gasteiger partial charge in [0.1, 0.15) is 6.04 Å². The van der Waals surface area contributed by atoms with Crippen LogP contribution in [0.1, 0.15) is 36.5 Å². The molecule has 0 saturated heterocycles. The van der Waals surface area contributed by atoms with Gasteiger partial charge in [0.15, 0.2) is 0 Å². The second-order valence-corrected chi connectivity index (χ2v) is 12.4. The van der Waals surface area contributed by atoms with Crippen LogP contribution in [0.2, 0.25) is 10.0 Å². The van der Waals surface area contributed by atoms with Crippen molar-refractivity contribution in [2.75, 3.05) is 23.7 Å². The van der Waals surface area contributed by atoms with Gasteiger partial charge in [-0.25, -0.2) is 8.42 Å². The monoisotopic (exact) mass is 603 g/mol. The molecule has 0 heterocycles. The molecule has 1 N–H and O–H groups in total. The van der Waals surface area contributed by atoms with Crippen molar-refractivity contribution in [3.05, 3.63) is 99.5 Å². The van der Waals surface area contributed by atoms with Crippen molar-refractivity contribution >= 4 is 50.7 Å². The van der Waals surface area contributed by atoms with E-state index in [0.29, 0.717) is 18.0 Å². The van der Waals surface area contributed by atoms with Gasteiger partial charge in [-0.1, -0.05) is 83.4 Å². The summed E-state index contributed by atoms with van der Waals surface area (Å²) in [5, 5.41) is 3.46. The zero-order chi connectivity index (χ0) is 29.3. The van der Waals surface area contributed by atoms with E-state index >= 15 is 0 Å². The number of benzene rings is 3. The molecule has 0 bridgehead atoms. The van der Waals surface area contributed by atoms with Crippen molar-refractivity contribution < 1.29 is 18.0 Å². The molecular weight excluding hydrogens is 569 g/mol. The van der Waals surface area contributed by atoms with E-state index in [1.165, 1.54) is 12.1 Å². The molecule has 40 heavy (non-hydrogen) atoms. The molecule has 3 aromatic carbocycles. The number of hydrogen-bond acceptors (Lipinski definition) is 4. The fourth-order valence-electron chi connectivity index (χ4n) is 4.40. The largest absolute Gasteiger partial charge is 0.355 e. The number of amides is 2. The average Bonchev–Trinajstić information content (AvgIpc) is 2.91. The van der Waals surface area contributed by atoms with Crippen molar-refractivity contribution in [3.8, 4) is 0 Å². The summed E-state index contributed by atoms with van der Waals surface area (Å²) in [5.74, 6) is -0.492. The lowest BCUT2D eigenvalue weighted by Gasteiger charge is -2.32. The number of nitrogens with one attached hydrogen (secondary N) is 1. The van der Waals surface area contributed by atoms with Crippen LogP contribution < -0.4 is 9.62 Å². The molecule has 2 amide bonds. The zero-order valence-corrected chi connectivity index (χ0v) is 25.3. The van der Waals surface area contributed by atoms with Crippen LogP contribution in [0.4, 0.5) is 5.69 Å². The minimum absolute atomic E-state index is 0.0213. The maximum Gasteiger partial charge on any atom is 0.243 e. The molecule has 7 nitrogen and oxygen atoms in total. The predicted octanol–water partition coefficient (Wildman–Crippen LogP) is 5.62. The van der Waals surface area contributed by atoms with Crippen LogP contribution in [0.5, 0.6) is 0 Å². The summed E-state index contributed by atoms with van der Waals surface area (Å²) in [4.78, 5) is 28.7. The van der Waals surface area contributed by atoms with E-state index < -0.39 is 16.1 Å². The van der Waals surface area contributed by atoms with E-state index in [1.807, 2.05) is 68.4 Å². The van der Waals surface area contributed by atoms with Crippen molar-refractivity contribution in [1.82, 2.24) is 10.2 Å². The van der Waals surface area contributed by atoms with Gasteiger partial charge in [0.2, 0.25) is 21.8 Å². The van der Waals surface area contributed by atoms with Crippen molar-refractivity contribution in [1.29, 1.82) is 0 Å². The van der Waals surface area contributed by atoms with Gasteiger partial charge in [-0.2, -0.15) is 0 Å². The number of hydrogen-bond donors (Lipinski definition) is 1. The van der Waals surface area contributed by atoms with Gasteiger partial charge in [-0.3, -0.25) is 13.9 Å². The predicted molar refractivity (Wildman–Crippen MR) is 162 cm³/mol. The summed E-state index contributed by atoms with van der Waals surface area (Å²) in [6, 6.07) is 21.2. The number of sulfonamides is 1. The van der Waals surface area contributed by atoms with Gasteiger partial charge in [-0.05, 0) is 49.6 Å². The molecule has 0 saturated carbocycles. The molecule has 0 fully saturated rings. The Labute approximate surface area is 247 Å². The SMILES string of the molecule is CCNC(=O)[C@H](Cc1ccccc1)N(Cc1ccc(C)cc1)C(=O)CCCN(c1cc(Cl)ccc1Cl)S(C)(=O)=O. The Kier molecular flexibility index (Phi) is 11.4. The molecule has 214 valence electrons. The highest BCUT2D eigenvalue weighted by Crippen LogP contribution is 2.31. The lowest BCUT2D eigenvalue weighted by atomic mass is 10.0. The smallest absolute Gasteiger partial charge is 0.243 e. The zero-order valence-electron chi connectivity index (χ0n) is 22.9. The van der Waals surface area contributed by atoms with Crippen LogP contribution in [0, 0.1) is 6.92 Å². The van der Waals surface area contributed by atoms with Gasteiger partial charge in [0.25, 0.3) is 0 Å². The topological polar surface area (TPSA) is 86.8 Å². The Morgan fingerprint density at radius 1 is 0.950 bits per heavy atom. The minimum atomic E-state index is -3.70. The molecule has 3 rings (SSSR count). The number of carbonyl (C=O) groups excluding carboxylic acids is 2. The van der Waals surface area contributed by atoms with E-state index in [2.05, 4.69) is 5.32 Å². The molecular formula is C30H35Cl2N3O4S. The molecule has 0 aliphatic carbocycles. The van der Waals surface area contributed by atoms with Crippen LogP contribution in [0.15, 0.2) is 72.8 Å². The first-order valence-electron chi connectivity index (χ1n) is 13.1. The van der Waals surface area contributed by atoms with E-state index in [9.17, 15) is 18.0 Å². The number of anilines is 1. The summed E-state index contributed by atoms with van der Waals surface area (Å²) >= 11 is 12.4. The number of rotatable bonds is 13. The van der Waals surface area contributed by atoms with Crippen LogP contribution >= 0.6 is 23.2 Å². The average molecular weight is 605 g/mol. The van der Waals surface area contributed by atoms with Crippen LogP contribution in [0.25, 0.3) is 0 Å². The Hall–Kier alpha value is -3.07. The third kappa shape index (κ3) is 8.98. The van der Waals surface area contributed by atoms with Crippen molar-refractivity contribution in [2.45, 2.75) is 45.7 Å². The summed E-state index contributed by atoms with van der Waals surface area (Å²) in [6.45, 7) is 4.52. The number of carbonyl (C=O) groups is 2. The normalized spacial score (nSPS) is 12.0. The lowest BCUT2D eigenvalue weighted by Crippen LogP contribution is -2.50. The summed E-state index contributed by atoms with van der Waals surface area (Å²) in [7, 11) is -3.70. The number of halogens is 2. The van der Waals surface area contributed by atoms with Crippen LogP contribution in [0.3, 0.4) is 0 Å².